The SMILES string of the molecule is O=C(CCNc1ccccc1[N+](=O)[O-])Nc1ncc(Cc2ccccc2)s1. The zero-order valence-electron chi connectivity index (χ0n) is 14.4. The minimum atomic E-state index is -0.452. The number of nitro groups is 1. The number of benzene rings is 2. The lowest BCUT2D eigenvalue weighted by molar-refractivity contribution is -0.384. The number of nitro benzene ring substituents is 1. The smallest absolute Gasteiger partial charge is 0.292 e. The van der Waals surface area contributed by atoms with Crippen molar-refractivity contribution in [2.24, 2.45) is 0 Å². The number of nitrogens with zero attached hydrogens (tertiary/aromatic N) is 2. The third-order valence-corrected chi connectivity index (χ3v) is 4.70. The summed E-state index contributed by atoms with van der Waals surface area (Å²) in [5.74, 6) is -0.193. The molecule has 0 aliphatic rings. The number of carbonyl (C=O) groups is 1. The van der Waals surface area contributed by atoms with Crippen LogP contribution in [0.2, 0.25) is 0 Å². The Labute approximate surface area is 160 Å². The summed E-state index contributed by atoms with van der Waals surface area (Å²) in [5.41, 5.74) is 1.57. The van der Waals surface area contributed by atoms with Crippen molar-refractivity contribution in [1.82, 2.24) is 4.98 Å². The maximum atomic E-state index is 12.1. The molecule has 2 N–H and O–H groups in total. The number of para-hydroxylation sites is 2. The summed E-state index contributed by atoms with van der Waals surface area (Å²) >= 11 is 1.44. The second-order valence-corrected chi connectivity index (χ2v) is 6.91. The fourth-order valence-electron chi connectivity index (χ4n) is 2.52. The van der Waals surface area contributed by atoms with Gasteiger partial charge in [0.05, 0.1) is 4.92 Å². The van der Waals surface area contributed by atoms with E-state index in [1.165, 1.54) is 23.0 Å². The summed E-state index contributed by atoms with van der Waals surface area (Å²) in [6.45, 7) is 0.291. The van der Waals surface area contributed by atoms with E-state index < -0.39 is 4.92 Å². The number of amides is 1. The molecule has 0 radical (unpaired) electrons. The average Bonchev–Trinajstić information content (AvgIpc) is 3.09. The molecule has 0 bridgehead atoms. The fraction of sp³-hybridized carbons (Fsp3) is 0.158. The van der Waals surface area contributed by atoms with Gasteiger partial charge in [-0.05, 0) is 11.6 Å². The van der Waals surface area contributed by atoms with E-state index in [9.17, 15) is 14.9 Å². The van der Waals surface area contributed by atoms with Gasteiger partial charge < -0.3 is 10.6 Å². The molecule has 27 heavy (non-hydrogen) atoms. The third kappa shape index (κ3) is 5.35. The Kier molecular flexibility index (Phi) is 6.11. The minimum Gasteiger partial charge on any atom is -0.379 e. The molecule has 0 atom stereocenters. The fourth-order valence-corrected chi connectivity index (χ4v) is 3.38. The molecule has 0 aliphatic heterocycles. The molecule has 3 rings (SSSR count). The van der Waals surface area contributed by atoms with Gasteiger partial charge >= 0.3 is 0 Å². The molecule has 0 aliphatic carbocycles. The molecular weight excluding hydrogens is 364 g/mol. The van der Waals surface area contributed by atoms with Crippen molar-refractivity contribution >= 4 is 33.8 Å². The van der Waals surface area contributed by atoms with Crippen LogP contribution in [0.5, 0.6) is 0 Å². The summed E-state index contributed by atoms with van der Waals surface area (Å²) < 4.78 is 0. The molecule has 1 amide bonds. The molecule has 8 heteroatoms. The number of aromatic nitrogens is 1. The van der Waals surface area contributed by atoms with Crippen molar-refractivity contribution < 1.29 is 9.72 Å². The number of hydrogen-bond acceptors (Lipinski definition) is 6. The van der Waals surface area contributed by atoms with Gasteiger partial charge in [0.2, 0.25) is 5.91 Å². The number of hydrogen-bond donors (Lipinski definition) is 2. The van der Waals surface area contributed by atoms with Crippen molar-refractivity contribution in [2.45, 2.75) is 12.8 Å². The topological polar surface area (TPSA) is 97.2 Å². The molecule has 1 heterocycles. The van der Waals surface area contributed by atoms with Gasteiger partial charge in [-0.25, -0.2) is 4.98 Å². The second kappa shape index (κ2) is 8.91. The molecular formula is C19H18N4O3S. The molecule has 7 nitrogen and oxygen atoms in total. The molecule has 0 saturated carbocycles. The van der Waals surface area contributed by atoms with Crippen LogP contribution in [-0.4, -0.2) is 22.4 Å². The van der Waals surface area contributed by atoms with E-state index in [1.807, 2.05) is 30.3 Å². The maximum absolute atomic E-state index is 12.1. The maximum Gasteiger partial charge on any atom is 0.292 e. The highest BCUT2D eigenvalue weighted by molar-refractivity contribution is 7.15. The Bertz CT molecular complexity index is 927. The predicted molar refractivity (Wildman–Crippen MR) is 106 cm³/mol. The highest BCUT2D eigenvalue weighted by Gasteiger charge is 2.12. The number of rotatable bonds is 8. The molecule has 0 fully saturated rings. The first kappa shape index (κ1) is 18.5. The number of anilines is 2. The van der Waals surface area contributed by atoms with Crippen molar-refractivity contribution in [1.29, 1.82) is 0 Å². The van der Waals surface area contributed by atoms with E-state index >= 15 is 0 Å². The van der Waals surface area contributed by atoms with Crippen LogP contribution in [0.4, 0.5) is 16.5 Å². The Hall–Kier alpha value is -3.26. The Morgan fingerprint density at radius 2 is 1.85 bits per heavy atom. The molecule has 0 unspecified atom stereocenters. The Balaban J connectivity index is 1.48. The standard InChI is InChI=1S/C19H18N4O3S/c24-18(10-11-20-16-8-4-5-9-17(16)23(25)26)22-19-21-13-15(27-19)12-14-6-2-1-3-7-14/h1-9,13,20H,10-12H2,(H,21,22,24). The molecule has 3 aromatic rings. The number of thiazole rings is 1. The highest BCUT2D eigenvalue weighted by atomic mass is 32.1. The first-order chi connectivity index (χ1) is 13.1. The van der Waals surface area contributed by atoms with Gasteiger partial charge in [0, 0.05) is 36.5 Å². The van der Waals surface area contributed by atoms with Crippen LogP contribution in [-0.2, 0) is 11.2 Å². The summed E-state index contributed by atoms with van der Waals surface area (Å²) in [4.78, 5) is 27.9. The lowest BCUT2D eigenvalue weighted by Crippen LogP contribution is -2.16. The van der Waals surface area contributed by atoms with Crippen LogP contribution in [0.25, 0.3) is 0 Å². The lowest BCUT2D eigenvalue weighted by Gasteiger charge is -2.06. The van der Waals surface area contributed by atoms with Crippen molar-refractivity contribution in [2.75, 3.05) is 17.2 Å². The van der Waals surface area contributed by atoms with Crippen LogP contribution in [0.15, 0.2) is 60.8 Å². The molecule has 138 valence electrons. The monoisotopic (exact) mass is 382 g/mol. The van der Waals surface area contributed by atoms with Gasteiger partial charge in [0.15, 0.2) is 5.13 Å². The molecule has 0 saturated heterocycles. The van der Waals surface area contributed by atoms with Gasteiger partial charge in [0.25, 0.3) is 5.69 Å². The first-order valence-corrected chi connectivity index (χ1v) is 9.19. The lowest BCUT2D eigenvalue weighted by atomic mass is 10.1. The van der Waals surface area contributed by atoms with Crippen LogP contribution in [0.3, 0.4) is 0 Å². The van der Waals surface area contributed by atoms with Gasteiger partial charge in [-0.1, -0.05) is 42.5 Å². The van der Waals surface area contributed by atoms with Gasteiger partial charge in [-0.15, -0.1) is 11.3 Å². The van der Waals surface area contributed by atoms with Gasteiger partial charge in [0.1, 0.15) is 5.69 Å². The normalized spacial score (nSPS) is 10.4. The summed E-state index contributed by atoms with van der Waals surface area (Å²) in [7, 11) is 0. The molecule has 1 aromatic heterocycles. The van der Waals surface area contributed by atoms with Crippen molar-refractivity contribution in [3.8, 4) is 0 Å². The van der Waals surface area contributed by atoms with E-state index in [0.717, 1.165) is 11.3 Å². The second-order valence-electron chi connectivity index (χ2n) is 5.79. The van der Waals surface area contributed by atoms with Gasteiger partial charge in [-0.2, -0.15) is 0 Å². The largest absolute Gasteiger partial charge is 0.379 e. The van der Waals surface area contributed by atoms with E-state index in [4.69, 9.17) is 0 Å². The van der Waals surface area contributed by atoms with E-state index in [0.29, 0.717) is 17.4 Å². The van der Waals surface area contributed by atoms with Crippen LogP contribution in [0.1, 0.15) is 16.9 Å². The summed E-state index contributed by atoms with van der Waals surface area (Å²) in [6.07, 6.45) is 2.71. The Morgan fingerprint density at radius 1 is 1.11 bits per heavy atom. The van der Waals surface area contributed by atoms with Crippen molar-refractivity contribution in [3.05, 3.63) is 81.3 Å². The molecule has 0 spiro atoms. The highest BCUT2D eigenvalue weighted by Crippen LogP contribution is 2.23. The van der Waals surface area contributed by atoms with E-state index in [2.05, 4.69) is 15.6 Å². The zero-order chi connectivity index (χ0) is 19.1. The third-order valence-electron chi connectivity index (χ3n) is 3.79. The Morgan fingerprint density at radius 3 is 2.63 bits per heavy atom. The predicted octanol–water partition coefficient (Wildman–Crippen LogP) is 4.08. The first-order valence-electron chi connectivity index (χ1n) is 8.37. The number of nitrogens with one attached hydrogen (secondary N) is 2. The average molecular weight is 382 g/mol. The van der Waals surface area contributed by atoms with Crippen LogP contribution >= 0.6 is 11.3 Å². The van der Waals surface area contributed by atoms with E-state index in [-0.39, 0.29) is 18.0 Å². The summed E-state index contributed by atoms with van der Waals surface area (Å²) in [6, 6.07) is 16.4. The zero-order valence-corrected chi connectivity index (χ0v) is 15.2. The quantitative estimate of drug-likeness (QED) is 0.452. The number of carbonyl (C=O) groups excluding carboxylic acids is 1. The minimum absolute atomic E-state index is 0.0108. The van der Waals surface area contributed by atoms with Crippen LogP contribution < -0.4 is 10.6 Å². The van der Waals surface area contributed by atoms with Crippen LogP contribution in [0, 0.1) is 10.1 Å². The van der Waals surface area contributed by atoms with Gasteiger partial charge in [-0.3, -0.25) is 14.9 Å². The summed E-state index contributed by atoms with van der Waals surface area (Å²) in [5, 5.41) is 17.2. The van der Waals surface area contributed by atoms with E-state index in [1.54, 1.807) is 24.4 Å². The van der Waals surface area contributed by atoms with Crippen molar-refractivity contribution in [3.63, 3.8) is 0 Å². The molecule has 2 aromatic carbocycles.